The minimum atomic E-state index is 0. The summed E-state index contributed by atoms with van der Waals surface area (Å²) in [5, 5.41) is 3.39. The summed E-state index contributed by atoms with van der Waals surface area (Å²) < 4.78 is 5.28. The Hall–Kier alpha value is -0.0800. The van der Waals surface area contributed by atoms with Crippen molar-refractivity contribution in [3.8, 4) is 0 Å². The van der Waals surface area contributed by atoms with E-state index >= 15 is 0 Å². The molecule has 0 bridgehead atoms. The van der Waals surface area contributed by atoms with Gasteiger partial charge in [0.1, 0.15) is 0 Å². The van der Waals surface area contributed by atoms with Crippen LogP contribution in [0.15, 0.2) is 0 Å². The molecule has 1 atom stereocenters. The van der Waals surface area contributed by atoms with E-state index < -0.39 is 0 Å². The zero-order valence-electron chi connectivity index (χ0n) is 6.18. The molecule has 1 N–H and O–H groups in total. The van der Waals surface area contributed by atoms with E-state index in [1.54, 1.807) is 0 Å². The van der Waals surface area contributed by atoms with Crippen molar-refractivity contribution in [3.63, 3.8) is 0 Å². The Morgan fingerprint density at radius 3 is 2.78 bits per heavy atom. The Labute approximate surface area is 58.1 Å². The molecule has 0 amide bonds. The van der Waals surface area contributed by atoms with Gasteiger partial charge in [-0.2, -0.15) is 0 Å². The Morgan fingerprint density at radius 1 is 1.67 bits per heavy atom. The average molecular weight is 131 g/mol. The molecule has 2 nitrogen and oxygen atoms in total. The van der Waals surface area contributed by atoms with Crippen molar-refractivity contribution in [3.05, 3.63) is 0 Å². The fraction of sp³-hybridized carbons (Fsp3) is 1.00. The zero-order valence-corrected chi connectivity index (χ0v) is 6.18. The molecular formula is C7H17NO. The number of ether oxygens (including phenoxy) is 1. The molecule has 0 aromatic heterocycles. The van der Waals surface area contributed by atoms with Crippen LogP contribution >= 0.6 is 0 Å². The highest BCUT2D eigenvalue weighted by Crippen LogP contribution is 2.04. The minimum absolute atomic E-state index is 0. The Balaban J connectivity index is 0.000000810. The van der Waals surface area contributed by atoms with Crippen LogP contribution in [0.1, 0.15) is 15.3 Å². The molecule has 0 aromatic carbocycles. The van der Waals surface area contributed by atoms with Gasteiger partial charge in [-0.3, -0.25) is 0 Å². The summed E-state index contributed by atoms with van der Waals surface area (Å²) in [6, 6.07) is 0.582. The lowest BCUT2D eigenvalue weighted by Gasteiger charge is -2.26. The largest absolute Gasteiger partial charge is 0.379 e. The number of morpholine rings is 1. The fourth-order valence-electron chi connectivity index (χ4n) is 1.01. The highest BCUT2D eigenvalue weighted by Gasteiger charge is 2.15. The van der Waals surface area contributed by atoms with E-state index in [1.165, 1.54) is 0 Å². The van der Waals surface area contributed by atoms with Crippen molar-refractivity contribution in [2.75, 3.05) is 19.8 Å². The normalized spacial score (nSPS) is 29.0. The summed E-state index contributed by atoms with van der Waals surface area (Å²) in [5.74, 6) is 0.699. The molecule has 0 spiro atoms. The van der Waals surface area contributed by atoms with Gasteiger partial charge in [-0.15, -0.1) is 0 Å². The van der Waals surface area contributed by atoms with Crippen LogP contribution < -0.4 is 5.32 Å². The smallest absolute Gasteiger partial charge is 0.0622 e. The summed E-state index contributed by atoms with van der Waals surface area (Å²) in [7, 11) is 0. The maximum absolute atomic E-state index is 5.28. The lowest BCUT2D eigenvalue weighted by atomic mass is 10.1. The number of rotatable bonds is 1. The monoisotopic (exact) mass is 131 g/mol. The van der Waals surface area contributed by atoms with Crippen molar-refractivity contribution in [2.24, 2.45) is 5.92 Å². The van der Waals surface area contributed by atoms with Crippen LogP contribution in [0.5, 0.6) is 0 Å². The van der Waals surface area contributed by atoms with Crippen LogP contribution in [0.25, 0.3) is 0 Å². The van der Waals surface area contributed by atoms with Crippen molar-refractivity contribution < 1.29 is 6.16 Å². The van der Waals surface area contributed by atoms with E-state index in [0.29, 0.717) is 12.0 Å². The van der Waals surface area contributed by atoms with Crippen LogP contribution in [-0.4, -0.2) is 25.8 Å². The summed E-state index contributed by atoms with van der Waals surface area (Å²) in [6.45, 7) is 7.21. The van der Waals surface area contributed by atoms with Gasteiger partial charge in [0, 0.05) is 14.0 Å². The van der Waals surface area contributed by atoms with Gasteiger partial charge in [0.25, 0.3) is 0 Å². The Bertz CT molecular complexity index is 81.7. The Morgan fingerprint density at radius 2 is 2.44 bits per heavy atom. The molecule has 1 unspecified atom stereocenters. The first-order chi connectivity index (χ1) is 4.30. The molecule has 0 aromatic rings. The predicted octanol–water partition coefficient (Wildman–Crippen LogP) is 0.877. The molecule has 1 rings (SSSR count). The maximum Gasteiger partial charge on any atom is 0.0622 e. The van der Waals surface area contributed by atoms with Crippen molar-refractivity contribution in [1.82, 2.24) is 5.32 Å². The molecule has 0 saturated carbocycles. The van der Waals surface area contributed by atoms with Crippen LogP contribution in [-0.2, 0) is 4.74 Å². The summed E-state index contributed by atoms with van der Waals surface area (Å²) in [4.78, 5) is 0. The van der Waals surface area contributed by atoms with Gasteiger partial charge >= 0.3 is 0 Å². The van der Waals surface area contributed by atoms with Crippen molar-refractivity contribution >= 4 is 0 Å². The molecule has 0 aliphatic carbocycles. The molecule has 1 aliphatic rings. The molecule has 1 heterocycles. The second-order valence-electron chi connectivity index (χ2n) is 2.88. The highest BCUT2D eigenvalue weighted by molar-refractivity contribution is 4.72. The number of hydrogen-bond donors (Lipinski definition) is 1. The van der Waals surface area contributed by atoms with Gasteiger partial charge in [-0.25, -0.2) is 0 Å². The van der Waals surface area contributed by atoms with Gasteiger partial charge in [-0.1, -0.05) is 13.8 Å². The van der Waals surface area contributed by atoms with Crippen LogP contribution in [0.4, 0.5) is 0 Å². The van der Waals surface area contributed by atoms with Gasteiger partial charge in [-0.05, 0) is 5.92 Å². The molecule has 9 heavy (non-hydrogen) atoms. The van der Waals surface area contributed by atoms with Gasteiger partial charge in [0.05, 0.1) is 13.2 Å². The summed E-state index contributed by atoms with van der Waals surface area (Å²) in [5.41, 5.74) is 0. The molecular weight excluding hydrogens is 114 g/mol. The second-order valence-corrected chi connectivity index (χ2v) is 2.88. The molecule has 56 valence electrons. The van der Waals surface area contributed by atoms with Crippen LogP contribution in [0, 0.1) is 5.92 Å². The number of hydrogen-bond acceptors (Lipinski definition) is 2. The van der Waals surface area contributed by atoms with Crippen LogP contribution in [0.2, 0.25) is 0 Å². The quantitative estimate of drug-likeness (QED) is 0.570. The molecule has 1 aliphatic heterocycles. The third-order valence-corrected chi connectivity index (χ3v) is 1.76. The summed E-state index contributed by atoms with van der Waals surface area (Å²) >= 11 is 0. The first-order valence-electron chi connectivity index (χ1n) is 3.62. The lowest BCUT2D eigenvalue weighted by molar-refractivity contribution is 0.0623. The second kappa shape index (κ2) is 3.18. The third kappa shape index (κ3) is 1.95. The van der Waals surface area contributed by atoms with Crippen molar-refractivity contribution in [1.29, 1.82) is 0 Å². The standard InChI is InChI=1S/C7H15NO.H2/c1-6(2)7-5-9-4-3-8-7;/h6-8H,3-5H2,1-2H3;1H. The van der Waals surface area contributed by atoms with E-state index in [0.717, 1.165) is 19.8 Å². The lowest BCUT2D eigenvalue weighted by Crippen LogP contribution is -2.44. The van der Waals surface area contributed by atoms with Gasteiger partial charge in [0.15, 0.2) is 0 Å². The first-order valence-corrected chi connectivity index (χ1v) is 3.62. The molecule has 1 saturated heterocycles. The fourth-order valence-corrected chi connectivity index (χ4v) is 1.01. The number of nitrogens with one attached hydrogen (secondary N) is 1. The van der Waals surface area contributed by atoms with Gasteiger partial charge < -0.3 is 10.1 Å². The van der Waals surface area contributed by atoms with E-state index in [-0.39, 0.29) is 1.43 Å². The van der Waals surface area contributed by atoms with E-state index in [1.807, 2.05) is 0 Å². The summed E-state index contributed by atoms with van der Waals surface area (Å²) in [6.07, 6.45) is 0. The maximum atomic E-state index is 5.28. The van der Waals surface area contributed by atoms with Crippen LogP contribution in [0.3, 0.4) is 0 Å². The molecule has 2 heteroatoms. The van der Waals surface area contributed by atoms with Gasteiger partial charge in [0.2, 0.25) is 0 Å². The SMILES string of the molecule is CC(C)C1COCCN1.[HH]. The minimum Gasteiger partial charge on any atom is -0.379 e. The third-order valence-electron chi connectivity index (χ3n) is 1.76. The highest BCUT2D eigenvalue weighted by atomic mass is 16.5. The molecule has 0 radical (unpaired) electrons. The predicted molar refractivity (Wildman–Crippen MR) is 39.6 cm³/mol. The zero-order chi connectivity index (χ0) is 6.69. The molecule has 1 fully saturated rings. The first kappa shape index (κ1) is 7.03. The van der Waals surface area contributed by atoms with Crippen molar-refractivity contribution in [2.45, 2.75) is 19.9 Å². The average Bonchev–Trinajstić information content (AvgIpc) is 1.90. The Kier molecular flexibility index (Phi) is 2.49. The topological polar surface area (TPSA) is 21.3 Å². The van der Waals surface area contributed by atoms with E-state index in [2.05, 4.69) is 19.2 Å². The van der Waals surface area contributed by atoms with E-state index in [4.69, 9.17) is 4.74 Å². The van der Waals surface area contributed by atoms with E-state index in [9.17, 15) is 0 Å².